The number of aromatic nitrogens is 2. The smallest absolute Gasteiger partial charge is 0.445 e. The van der Waals surface area contributed by atoms with Gasteiger partial charge in [-0.15, -0.1) is 5.46 Å². The van der Waals surface area contributed by atoms with Gasteiger partial charge in [0.25, 0.3) is 0 Å². The molecule has 1 heterocycles. The van der Waals surface area contributed by atoms with Crippen LogP contribution < -0.4 is 5.46 Å². The zero-order valence-corrected chi connectivity index (χ0v) is 7.42. The van der Waals surface area contributed by atoms with Crippen LogP contribution in [0.2, 0.25) is 0 Å². The van der Waals surface area contributed by atoms with E-state index < -0.39 is 12.4 Å². The first kappa shape index (κ1) is 9.11. The van der Waals surface area contributed by atoms with Crippen molar-refractivity contribution in [3.05, 3.63) is 24.5 Å². The van der Waals surface area contributed by atoms with Gasteiger partial charge in [-0.1, -0.05) is 12.1 Å². The number of fused-ring (bicyclic) bond motifs is 1. The van der Waals surface area contributed by atoms with E-state index in [1.165, 1.54) is 12.4 Å². The number of nitrogens with zero attached hydrogens (tertiary/aromatic N) is 2. The minimum absolute atomic E-state index is 0.379. The lowest BCUT2D eigenvalue weighted by molar-refractivity contribution is 0.501. The molecule has 0 spiro atoms. The van der Waals surface area contributed by atoms with Gasteiger partial charge in [0.1, 0.15) is 0 Å². The second kappa shape index (κ2) is 2.77. The van der Waals surface area contributed by atoms with Gasteiger partial charge in [-0.3, -0.25) is 0 Å². The van der Waals surface area contributed by atoms with E-state index in [4.69, 9.17) is 0 Å². The summed E-state index contributed by atoms with van der Waals surface area (Å²) in [5.74, 6) is 0. The molecule has 0 aliphatic rings. The fourth-order valence-corrected chi connectivity index (χ4v) is 1.36. The minimum Gasteiger partial charge on any atom is -0.445 e. The predicted octanol–water partition coefficient (Wildman–Crippen LogP) is 1.63. The first-order valence-electron chi connectivity index (χ1n) is 4.09. The van der Waals surface area contributed by atoms with Crippen LogP contribution in [0.5, 0.6) is 0 Å². The largest absolute Gasteiger partial charge is 0.509 e. The fourth-order valence-electron chi connectivity index (χ4n) is 1.36. The molecular formula is C8H7BF3N2-. The lowest BCUT2D eigenvalue weighted by atomic mass is 9.80. The van der Waals surface area contributed by atoms with Crippen LogP contribution >= 0.6 is 0 Å². The van der Waals surface area contributed by atoms with Gasteiger partial charge in [0, 0.05) is 7.05 Å². The van der Waals surface area contributed by atoms with Crippen molar-refractivity contribution in [3.63, 3.8) is 0 Å². The highest BCUT2D eigenvalue weighted by molar-refractivity contribution is 6.73. The van der Waals surface area contributed by atoms with Crippen LogP contribution in [0.1, 0.15) is 0 Å². The monoisotopic (exact) mass is 199 g/mol. The van der Waals surface area contributed by atoms with Crippen molar-refractivity contribution in [2.45, 2.75) is 0 Å². The Morgan fingerprint density at radius 2 is 2.00 bits per heavy atom. The molecule has 0 aliphatic carbocycles. The molecule has 0 fully saturated rings. The number of rotatable bonds is 1. The van der Waals surface area contributed by atoms with Gasteiger partial charge in [-0.25, -0.2) is 4.98 Å². The van der Waals surface area contributed by atoms with Crippen molar-refractivity contribution >= 4 is 23.5 Å². The van der Waals surface area contributed by atoms with E-state index in [1.807, 2.05) is 0 Å². The van der Waals surface area contributed by atoms with Crippen LogP contribution in [0.25, 0.3) is 11.0 Å². The number of imidazole rings is 1. The summed E-state index contributed by atoms with van der Waals surface area (Å²) < 4.78 is 38.7. The van der Waals surface area contributed by atoms with Crippen molar-refractivity contribution < 1.29 is 12.9 Å². The van der Waals surface area contributed by atoms with E-state index in [0.29, 0.717) is 11.0 Å². The second-order valence-corrected chi connectivity index (χ2v) is 3.18. The maximum atomic E-state index is 12.4. The Morgan fingerprint density at radius 3 is 2.64 bits per heavy atom. The number of benzene rings is 1. The van der Waals surface area contributed by atoms with E-state index in [0.717, 1.165) is 12.1 Å². The highest BCUT2D eigenvalue weighted by Gasteiger charge is 2.25. The Morgan fingerprint density at radius 1 is 1.29 bits per heavy atom. The van der Waals surface area contributed by atoms with Crippen LogP contribution in [0.3, 0.4) is 0 Å². The molecule has 2 rings (SSSR count). The molecule has 0 unspecified atom stereocenters. The summed E-state index contributed by atoms with van der Waals surface area (Å²) in [7, 11) is 1.74. The molecule has 6 heteroatoms. The summed E-state index contributed by atoms with van der Waals surface area (Å²) in [6, 6.07) is 3.60. The van der Waals surface area contributed by atoms with Gasteiger partial charge >= 0.3 is 6.98 Å². The fraction of sp³-hybridized carbons (Fsp3) is 0.125. The van der Waals surface area contributed by atoms with E-state index in [9.17, 15) is 12.9 Å². The van der Waals surface area contributed by atoms with E-state index in [1.54, 1.807) is 11.6 Å². The van der Waals surface area contributed by atoms with Gasteiger partial charge in [0.15, 0.2) is 0 Å². The molecule has 1 aromatic heterocycles. The first-order valence-corrected chi connectivity index (χ1v) is 4.09. The molecule has 74 valence electrons. The molecule has 0 amide bonds. The van der Waals surface area contributed by atoms with Gasteiger partial charge < -0.3 is 17.5 Å². The highest BCUT2D eigenvalue weighted by atomic mass is 19.4. The van der Waals surface area contributed by atoms with Crippen molar-refractivity contribution in [1.82, 2.24) is 9.55 Å². The van der Waals surface area contributed by atoms with Crippen molar-refractivity contribution in [3.8, 4) is 0 Å². The highest BCUT2D eigenvalue weighted by Crippen LogP contribution is 2.14. The average Bonchev–Trinajstić information content (AvgIpc) is 2.46. The summed E-state index contributed by atoms with van der Waals surface area (Å²) in [5.41, 5.74) is 0.481. The van der Waals surface area contributed by atoms with Gasteiger partial charge in [0.2, 0.25) is 0 Å². The quantitative estimate of drug-likeness (QED) is 0.638. The molecule has 0 atom stereocenters. The number of hydrogen-bond acceptors (Lipinski definition) is 1. The molecule has 0 N–H and O–H groups in total. The summed E-state index contributed by atoms with van der Waals surface area (Å²) in [4.78, 5) is 3.87. The maximum Gasteiger partial charge on any atom is 0.509 e. The minimum atomic E-state index is -4.93. The zero-order chi connectivity index (χ0) is 10.3. The SMILES string of the molecule is Cn1cnc2cc([B-](F)(F)F)ccc21. The molecule has 1 aromatic carbocycles. The normalized spacial score (nSPS) is 12.3. The molecule has 0 saturated heterocycles. The Balaban J connectivity index is 2.63. The van der Waals surface area contributed by atoms with Crippen LogP contribution in [0.4, 0.5) is 12.9 Å². The van der Waals surface area contributed by atoms with Crippen LogP contribution in [-0.2, 0) is 7.05 Å². The lowest BCUT2D eigenvalue weighted by Gasteiger charge is -2.14. The summed E-state index contributed by atoms with van der Waals surface area (Å²) in [6.07, 6.45) is 1.50. The summed E-state index contributed by atoms with van der Waals surface area (Å²) in [6.45, 7) is -4.93. The Hall–Kier alpha value is -1.46. The second-order valence-electron chi connectivity index (χ2n) is 3.18. The van der Waals surface area contributed by atoms with E-state index in [2.05, 4.69) is 4.98 Å². The molecule has 0 bridgehead atoms. The predicted molar refractivity (Wildman–Crippen MR) is 49.4 cm³/mol. The standard InChI is InChI=1S/C8H7BF3N2/c1-14-5-13-7-4-6(9(10,11)12)2-3-8(7)14/h2-5H,1H3/q-1. The topological polar surface area (TPSA) is 17.8 Å². The third-order valence-corrected chi connectivity index (χ3v) is 2.13. The maximum absolute atomic E-state index is 12.4. The third-order valence-electron chi connectivity index (χ3n) is 2.13. The van der Waals surface area contributed by atoms with Crippen LogP contribution in [-0.4, -0.2) is 16.5 Å². The molecule has 0 saturated carbocycles. The van der Waals surface area contributed by atoms with Crippen molar-refractivity contribution in [1.29, 1.82) is 0 Å². The van der Waals surface area contributed by atoms with Crippen LogP contribution in [0, 0.1) is 0 Å². The van der Waals surface area contributed by atoms with E-state index in [-0.39, 0.29) is 0 Å². The third kappa shape index (κ3) is 1.36. The van der Waals surface area contributed by atoms with Crippen molar-refractivity contribution in [2.75, 3.05) is 0 Å². The van der Waals surface area contributed by atoms with Gasteiger partial charge in [-0.2, -0.15) is 0 Å². The zero-order valence-electron chi connectivity index (χ0n) is 7.42. The molecule has 0 radical (unpaired) electrons. The first-order chi connectivity index (χ1) is 6.48. The molecule has 2 nitrogen and oxygen atoms in total. The summed E-state index contributed by atoms with van der Waals surface area (Å²) >= 11 is 0. The van der Waals surface area contributed by atoms with Gasteiger partial charge in [-0.05, 0) is 6.07 Å². The molecule has 0 aliphatic heterocycles. The number of aryl methyl sites for hydroxylation is 1. The Kier molecular flexibility index (Phi) is 1.80. The van der Waals surface area contributed by atoms with Gasteiger partial charge in [0.05, 0.1) is 17.4 Å². The Labute approximate surface area is 78.4 Å². The van der Waals surface area contributed by atoms with Crippen molar-refractivity contribution in [2.24, 2.45) is 7.05 Å². The molecule has 14 heavy (non-hydrogen) atoms. The van der Waals surface area contributed by atoms with Crippen LogP contribution in [0.15, 0.2) is 24.5 Å². The Bertz CT molecular complexity index is 475. The lowest BCUT2D eigenvalue weighted by Crippen LogP contribution is -2.33. The molecular weight excluding hydrogens is 192 g/mol. The summed E-state index contributed by atoms with van der Waals surface area (Å²) in [5, 5.41) is 0. The van der Waals surface area contributed by atoms with E-state index >= 15 is 0 Å². The number of halogens is 3. The number of hydrogen-bond donors (Lipinski definition) is 0. The average molecular weight is 199 g/mol. The molecule has 2 aromatic rings.